The van der Waals surface area contributed by atoms with Gasteiger partial charge in [-0.1, -0.05) is 40.3 Å². The first-order chi connectivity index (χ1) is 7.27. The molecule has 0 aliphatic carbocycles. The van der Waals surface area contributed by atoms with E-state index in [2.05, 4.69) is 27.0 Å². The van der Waals surface area contributed by atoms with Crippen LogP contribution < -0.4 is 0 Å². The molecule has 0 aromatic rings. The Morgan fingerprint density at radius 1 is 1.00 bits per heavy atom. The number of allylic oxidation sites excluding steroid dienone is 4. The van der Waals surface area contributed by atoms with Crippen molar-refractivity contribution in [2.45, 2.75) is 40.5 Å². The van der Waals surface area contributed by atoms with Crippen molar-refractivity contribution in [2.75, 3.05) is 0 Å². The van der Waals surface area contributed by atoms with Gasteiger partial charge < -0.3 is 0 Å². The molecule has 92 valence electrons. The van der Waals surface area contributed by atoms with Gasteiger partial charge in [0.05, 0.1) is 0 Å². The quantitative estimate of drug-likeness (QED) is 0.538. The van der Waals surface area contributed by atoms with E-state index in [1.807, 2.05) is 6.92 Å². The zero-order valence-electron chi connectivity index (χ0n) is 10.7. The first-order valence-electron chi connectivity index (χ1n) is 5.67. The molecule has 0 bridgehead atoms. The summed E-state index contributed by atoms with van der Waals surface area (Å²) in [5.41, 5.74) is 0.343. The van der Waals surface area contributed by atoms with Crippen molar-refractivity contribution in [2.24, 2.45) is 11.8 Å². The maximum absolute atomic E-state index is 13.6. The van der Waals surface area contributed by atoms with Crippen molar-refractivity contribution in [3.05, 3.63) is 36.0 Å². The molecular weight excluding hydrogens is 206 g/mol. The van der Waals surface area contributed by atoms with Crippen molar-refractivity contribution in [3.8, 4) is 0 Å². The van der Waals surface area contributed by atoms with Gasteiger partial charge in [0, 0.05) is 0 Å². The van der Waals surface area contributed by atoms with Gasteiger partial charge in [-0.05, 0) is 36.3 Å². The standard InChI is InChI=1S/C14H22F2/c1-9(2)7-8-11(5)12(6)14(16)13(15)10(3)4/h9,11H,3,6-8H2,1-2,4-5H3/b14-13-. The fourth-order valence-electron chi connectivity index (χ4n) is 1.30. The van der Waals surface area contributed by atoms with E-state index in [0.717, 1.165) is 12.8 Å². The molecule has 0 spiro atoms. The van der Waals surface area contributed by atoms with E-state index in [-0.39, 0.29) is 17.1 Å². The summed E-state index contributed by atoms with van der Waals surface area (Å²) in [7, 11) is 0. The summed E-state index contributed by atoms with van der Waals surface area (Å²) in [5, 5.41) is 0. The molecule has 0 N–H and O–H groups in total. The SMILES string of the molecule is C=C(C)/C(F)=C(/F)C(=C)C(C)CCC(C)C. The van der Waals surface area contributed by atoms with Crippen molar-refractivity contribution in [1.82, 2.24) is 0 Å². The van der Waals surface area contributed by atoms with Crippen LogP contribution in [0.3, 0.4) is 0 Å². The van der Waals surface area contributed by atoms with E-state index in [9.17, 15) is 8.78 Å². The van der Waals surface area contributed by atoms with Gasteiger partial charge in [0.15, 0.2) is 11.7 Å². The number of hydrogen-bond donors (Lipinski definition) is 0. The van der Waals surface area contributed by atoms with Crippen LogP contribution >= 0.6 is 0 Å². The maximum atomic E-state index is 13.6. The lowest BCUT2D eigenvalue weighted by Gasteiger charge is -2.15. The molecule has 0 aliphatic heterocycles. The first-order valence-corrected chi connectivity index (χ1v) is 5.67. The van der Waals surface area contributed by atoms with E-state index >= 15 is 0 Å². The molecule has 0 radical (unpaired) electrons. The summed E-state index contributed by atoms with van der Waals surface area (Å²) in [6.07, 6.45) is 1.82. The number of halogens is 2. The van der Waals surface area contributed by atoms with Crippen LogP contribution in [0.5, 0.6) is 0 Å². The molecule has 0 aromatic heterocycles. The van der Waals surface area contributed by atoms with Crippen molar-refractivity contribution >= 4 is 0 Å². The minimum atomic E-state index is -0.874. The van der Waals surface area contributed by atoms with Gasteiger partial charge in [0.1, 0.15) is 0 Å². The van der Waals surface area contributed by atoms with E-state index < -0.39 is 11.7 Å². The molecule has 0 heterocycles. The molecule has 1 atom stereocenters. The summed E-state index contributed by atoms with van der Waals surface area (Å²) in [6, 6.07) is 0. The van der Waals surface area contributed by atoms with Crippen molar-refractivity contribution in [1.29, 1.82) is 0 Å². The van der Waals surface area contributed by atoms with Crippen molar-refractivity contribution in [3.63, 3.8) is 0 Å². The third kappa shape index (κ3) is 4.73. The Labute approximate surface area is 97.7 Å². The highest BCUT2D eigenvalue weighted by atomic mass is 19.2. The van der Waals surface area contributed by atoms with E-state index in [4.69, 9.17) is 0 Å². The Hall–Kier alpha value is -0.920. The zero-order valence-corrected chi connectivity index (χ0v) is 10.7. The highest BCUT2D eigenvalue weighted by Crippen LogP contribution is 2.29. The van der Waals surface area contributed by atoms with E-state index in [0.29, 0.717) is 5.92 Å². The maximum Gasteiger partial charge on any atom is 0.161 e. The van der Waals surface area contributed by atoms with Crippen LogP contribution in [-0.2, 0) is 0 Å². The molecule has 0 fully saturated rings. The summed E-state index contributed by atoms with van der Waals surface area (Å²) in [5.74, 6) is -1.19. The third-order valence-corrected chi connectivity index (χ3v) is 2.62. The molecular formula is C14H22F2. The predicted octanol–water partition coefficient (Wildman–Crippen LogP) is 5.34. The Bertz CT molecular complexity index is 298. The highest BCUT2D eigenvalue weighted by molar-refractivity contribution is 5.34. The second kappa shape index (κ2) is 6.62. The second-order valence-corrected chi connectivity index (χ2v) is 4.81. The van der Waals surface area contributed by atoms with Gasteiger partial charge in [-0.15, -0.1) is 0 Å². The van der Waals surface area contributed by atoms with Gasteiger partial charge in [0.2, 0.25) is 0 Å². The van der Waals surface area contributed by atoms with E-state index in [1.54, 1.807) is 0 Å². The fraction of sp³-hybridized carbons (Fsp3) is 0.571. The van der Waals surface area contributed by atoms with Crippen molar-refractivity contribution < 1.29 is 8.78 Å². The van der Waals surface area contributed by atoms with Crippen LogP contribution in [0.1, 0.15) is 40.5 Å². The molecule has 0 rings (SSSR count). The lowest BCUT2D eigenvalue weighted by Crippen LogP contribution is -2.02. The Balaban J connectivity index is 4.56. The summed E-state index contributed by atoms with van der Waals surface area (Å²) in [4.78, 5) is 0. The molecule has 0 saturated heterocycles. The molecule has 0 nitrogen and oxygen atoms in total. The van der Waals surface area contributed by atoms with Gasteiger partial charge in [-0.3, -0.25) is 0 Å². The molecule has 0 amide bonds. The van der Waals surface area contributed by atoms with Crippen LogP contribution in [0.15, 0.2) is 36.0 Å². The monoisotopic (exact) mass is 228 g/mol. The minimum absolute atomic E-state index is 0.0347. The Morgan fingerprint density at radius 3 is 1.88 bits per heavy atom. The normalized spacial score (nSPS) is 14.7. The lowest BCUT2D eigenvalue weighted by atomic mass is 9.92. The van der Waals surface area contributed by atoms with Gasteiger partial charge in [-0.2, -0.15) is 0 Å². The molecule has 0 aromatic carbocycles. The Morgan fingerprint density at radius 2 is 1.50 bits per heavy atom. The molecule has 1 unspecified atom stereocenters. The van der Waals surface area contributed by atoms with Crippen LogP contribution in [0, 0.1) is 11.8 Å². The molecule has 16 heavy (non-hydrogen) atoms. The summed E-state index contributed by atoms with van der Waals surface area (Å²) < 4.78 is 26.8. The van der Waals surface area contributed by atoms with Gasteiger partial charge >= 0.3 is 0 Å². The van der Waals surface area contributed by atoms with Gasteiger partial charge in [0.25, 0.3) is 0 Å². The topological polar surface area (TPSA) is 0 Å². The Kier molecular flexibility index (Phi) is 6.24. The smallest absolute Gasteiger partial charge is 0.161 e. The zero-order chi connectivity index (χ0) is 12.9. The van der Waals surface area contributed by atoms with Crippen LogP contribution in [0.2, 0.25) is 0 Å². The predicted molar refractivity (Wildman–Crippen MR) is 66.4 cm³/mol. The second-order valence-electron chi connectivity index (χ2n) is 4.81. The first kappa shape index (κ1) is 15.1. The average Bonchev–Trinajstić information content (AvgIpc) is 2.22. The van der Waals surface area contributed by atoms with Crippen LogP contribution in [0.4, 0.5) is 8.78 Å². The molecule has 2 heteroatoms. The van der Waals surface area contributed by atoms with Crippen LogP contribution in [-0.4, -0.2) is 0 Å². The van der Waals surface area contributed by atoms with Crippen LogP contribution in [0.25, 0.3) is 0 Å². The van der Waals surface area contributed by atoms with E-state index in [1.165, 1.54) is 6.92 Å². The summed E-state index contributed by atoms with van der Waals surface area (Å²) >= 11 is 0. The molecule has 0 aliphatic rings. The lowest BCUT2D eigenvalue weighted by molar-refractivity contribution is 0.468. The largest absolute Gasteiger partial charge is 0.203 e. The fourth-order valence-corrected chi connectivity index (χ4v) is 1.30. The average molecular weight is 228 g/mol. The third-order valence-electron chi connectivity index (χ3n) is 2.62. The minimum Gasteiger partial charge on any atom is -0.203 e. The number of hydrogen-bond acceptors (Lipinski definition) is 0. The molecule has 0 saturated carbocycles. The number of rotatable bonds is 6. The summed E-state index contributed by atoms with van der Waals surface area (Å²) in [6.45, 7) is 14.5. The highest BCUT2D eigenvalue weighted by Gasteiger charge is 2.16. The van der Waals surface area contributed by atoms with Gasteiger partial charge in [-0.25, -0.2) is 8.78 Å².